The van der Waals surface area contributed by atoms with E-state index in [9.17, 15) is 0 Å². The van der Waals surface area contributed by atoms with Crippen molar-refractivity contribution in [2.75, 3.05) is 22.9 Å². The van der Waals surface area contributed by atoms with E-state index in [1.807, 2.05) is 97.1 Å². The van der Waals surface area contributed by atoms with Crippen molar-refractivity contribution >= 4 is 33.9 Å². The zero-order valence-corrected chi connectivity index (χ0v) is 16.5. The predicted molar refractivity (Wildman–Crippen MR) is 128 cm³/mol. The average Bonchev–Trinajstić information content (AvgIpc) is 2.75. The predicted octanol–water partition coefficient (Wildman–Crippen LogP) is 5.02. The molecular formula is C26H24N4. The van der Waals surface area contributed by atoms with Crippen LogP contribution in [-0.2, 0) is 0 Å². The van der Waals surface area contributed by atoms with E-state index in [0.29, 0.717) is 0 Å². The van der Waals surface area contributed by atoms with E-state index in [4.69, 9.17) is 22.9 Å². The van der Waals surface area contributed by atoms with E-state index in [1.165, 1.54) is 0 Å². The quantitative estimate of drug-likeness (QED) is 0.289. The molecule has 0 aliphatic heterocycles. The second kappa shape index (κ2) is 8.05. The number of nitrogen functional groups attached to an aromatic ring is 4. The Balaban J connectivity index is 2.08. The van der Waals surface area contributed by atoms with Crippen molar-refractivity contribution in [1.82, 2.24) is 0 Å². The van der Waals surface area contributed by atoms with Gasteiger partial charge in [0.05, 0.1) is 0 Å². The van der Waals surface area contributed by atoms with Gasteiger partial charge in [-0.05, 0) is 81.9 Å². The maximum Gasteiger partial charge on any atom is 0.0314 e. The fourth-order valence-electron chi connectivity index (χ4n) is 3.51. The summed E-state index contributed by atoms with van der Waals surface area (Å²) in [6, 6.07) is 31.6. The van der Waals surface area contributed by atoms with Gasteiger partial charge in [-0.15, -0.1) is 0 Å². The molecule has 4 nitrogen and oxygen atoms in total. The van der Waals surface area contributed by atoms with Crippen LogP contribution in [0.15, 0.2) is 97.1 Å². The molecule has 0 heterocycles. The van der Waals surface area contributed by atoms with E-state index in [0.717, 1.165) is 56.1 Å². The van der Waals surface area contributed by atoms with Crippen molar-refractivity contribution in [2.45, 2.75) is 0 Å². The highest BCUT2D eigenvalue weighted by atomic mass is 14.5. The lowest BCUT2D eigenvalue weighted by atomic mass is 9.85. The number of anilines is 4. The van der Waals surface area contributed by atoms with E-state index < -0.39 is 0 Å². The number of rotatable bonds is 4. The van der Waals surface area contributed by atoms with E-state index in [-0.39, 0.29) is 0 Å². The minimum atomic E-state index is 0.719. The molecule has 8 N–H and O–H groups in total. The molecule has 0 amide bonds. The van der Waals surface area contributed by atoms with Gasteiger partial charge in [0.25, 0.3) is 0 Å². The zero-order chi connectivity index (χ0) is 21.1. The Labute approximate surface area is 176 Å². The van der Waals surface area contributed by atoms with Crippen LogP contribution in [0, 0.1) is 0 Å². The van der Waals surface area contributed by atoms with Gasteiger partial charge in [-0.25, -0.2) is 0 Å². The number of hydrogen-bond acceptors (Lipinski definition) is 4. The highest BCUT2D eigenvalue weighted by Gasteiger charge is 2.16. The van der Waals surface area contributed by atoms with Gasteiger partial charge in [0, 0.05) is 22.7 Å². The highest BCUT2D eigenvalue weighted by molar-refractivity contribution is 6.04. The fourth-order valence-corrected chi connectivity index (χ4v) is 3.51. The van der Waals surface area contributed by atoms with Crippen LogP contribution in [0.1, 0.15) is 22.3 Å². The average molecular weight is 393 g/mol. The summed E-state index contributed by atoms with van der Waals surface area (Å²) in [7, 11) is 0. The van der Waals surface area contributed by atoms with Crippen molar-refractivity contribution in [2.24, 2.45) is 0 Å². The molecule has 0 fully saturated rings. The van der Waals surface area contributed by atoms with Crippen LogP contribution in [0.4, 0.5) is 22.7 Å². The van der Waals surface area contributed by atoms with Crippen LogP contribution in [0.5, 0.6) is 0 Å². The maximum absolute atomic E-state index is 5.96. The third-order valence-corrected chi connectivity index (χ3v) is 5.05. The van der Waals surface area contributed by atoms with E-state index in [1.54, 1.807) is 0 Å². The normalized spacial score (nSPS) is 10.5. The first kappa shape index (κ1) is 19.2. The van der Waals surface area contributed by atoms with Crippen molar-refractivity contribution in [3.8, 4) is 0 Å². The second-order valence-electron chi connectivity index (χ2n) is 7.24. The van der Waals surface area contributed by atoms with Crippen LogP contribution in [0.3, 0.4) is 0 Å². The van der Waals surface area contributed by atoms with Crippen molar-refractivity contribution in [3.63, 3.8) is 0 Å². The van der Waals surface area contributed by atoms with Gasteiger partial charge in [0.2, 0.25) is 0 Å². The molecule has 0 bridgehead atoms. The molecule has 0 aliphatic carbocycles. The summed E-state index contributed by atoms with van der Waals surface area (Å²) < 4.78 is 0. The molecule has 0 saturated heterocycles. The van der Waals surface area contributed by atoms with Gasteiger partial charge in [-0.1, -0.05) is 48.5 Å². The molecule has 0 radical (unpaired) electrons. The molecule has 0 spiro atoms. The minimum Gasteiger partial charge on any atom is -0.399 e. The lowest BCUT2D eigenvalue weighted by Crippen LogP contribution is -1.99. The van der Waals surface area contributed by atoms with Crippen LogP contribution in [0.2, 0.25) is 0 Å². The summed E-state index contributed by atoms with van der Waals surface area (Å²) in [4.78, 5) is 0. The summed E-state index contributed by atoms with van der Waals surface area (Å²) in [6.45, 7) is 0. The SMILES string of the molecule is Nc1ccc(C(=C(c2ccc(N)cc2)c2ccc(N)cc2)c2ccc(N)cc2)cc1. The maximum atomic E-state index is 5.96. The molecule has 30 heavy (non-hydrogen) atoms. The molecule has 0 atom stereocenters. The molecule has 0 unspecified atom stereocenters. The molecule has 4 aromatic carbocycles. The Morgan fingerprint density at radius 3 is 0.633 bits per heavy atom. The highest BCUT2D eigenvalue weighted by Crippen LogP contribution is 2.37. The molecule has 148 valence electrons. The molecule has 4 heteroatoms. The molecule has 0 saturated carbocycles. The third kappa shape index (κ3) is 3.98. The minimum absolute atomic E-state index is 0.719. The van der Waals surface area contributed by atoms with Crippen LogP contribution >= 0.6 is 0 Å². The molecular weight excluding hydrogens is 368 g/mol. The van der Waals surface area contributed by atoms with E-state index >= 15 is 0 Å². The Morgan fingerprint density at radius 2 is 0.467 bits per heavy atom. The van der Waals surface area contributed by atoms with Crippen LogP contribution in [0.25, 0.3) is 11.1 Å². The Bertz CT molecular complexity index is 980. The number of hydrogen-bond donors (Lipinski definition) is 4. The summed E-state index contributed by atoms with van der Waals surface area (Å²) in [5.74, 6) is 0. The Kier molecular flexibility index (Phi) is 5.14. The van der Waals surface area contributed by atoms with Gasteiger partial charge >= 0.3 is 0 Å². The van der Waals surface area contributed by atoms with Crippen LogP contribution < -0.4 is 22.9 Å². The largest absolute Gasteiger partial charge is 0.399 e. The first-order valence-electron chi connectivity index (χ1n) is 9.69. The monoisotopic (exact) mass is 392 g/mol. The van der Waals surface area contributed by atoms with Gasteiger partial charge in [-0.3, -0.25) is 0 Å². The standard InChI is InChI=1S/C26H24N4/c27-21-9-1-17(2-10-21)25(18-3-11-22(28)12-4-18)26(19-5-13-23(29)14-6-19)20-7-15-24(30)16-8-20/h1-16H,27-30H2. The topological polar surface area (TPSA) is 104 Å². The van der Waals surface area contributed by atoms with Crippen molar-refractivity contribution < 1.29 is 0 Å². The smallest absolute Gasteiger partial charge is 0.0314 e. The molecule has 0 aromatic heterocycles. The lowest BCUT2D eigenvalue weighted by Gasteiger charge is -2.18. The van der Waals surface area contributed by atoms with Gasteiger partial charge in [0.15, 0.2) is 0 Å². The first-order chi connectivity index (χ1) is 14.5. The van der Waals surface area contributed by atoms with Crippen molar-refractivity contribution in [3.05, 3.63) is 119 Å². The first-order valence-corrected chi connectivity index (χ1v) is 9.69. The zero-order valence-electron chi connectivity index (χ0n) is 16.5. The third-order valence-electron chi connectivity index (χ3n) is 5.05. The molecule has 4 rings (SSSR count). The lowest BCUT2D eigenvalue weighted by molar-refractivity contribution is 1.50. The van der Waals surface area contributed by atoms with E-state index in [2.05, 4.69) is 0 Å². The molecule has 4 aromatic rings. The summed E-state index contributed by atoms with van der Waals surface area (Å²) in [5, 5.41) is 0. The van der Waals surface area contributed by atoms with Crippen LogP contribution in [-0.4, -0.2) is 0 Å². The second-order valence-corrected chi connectivity index (χ2v) is 7.24. The Morgan fingerprint density at radius 1 is 0.300 bits per heavy atom. The fraction of sp³-hybridized carbons (Fsp3) is 0. The Hall–Kier alpha value is -4.18. The van der Waals surface area contributed by atoms with Gasteiger partial charge < -0.3 is 22.9 Å². The van der Waals surface area contributed by atoms with Gasteiger partial charge in [-0.2, -0.15) is 0 Å². The molecule has 0 aliphatic rings. The summed E-state index contributed by atoms with van der Waals surface area (Å²) in [5.41, 5.74) is 33.1. The summed E-state index contributed by atoms with van der Waals surface area (Å²) >= 11 is 0. The number of benzene rings is 4. The summed E-state index contributed by atoms with van der Waals surface area (Å²) in [6.07, 6.45) is 0. The number of nitrogens with two attached hydrogens (primary N) is 4. The van der Waals surface area contributed by atoms with Gasteiger partial charge in [0.1, 0.15) is 0 Å². The van der Waals surface area contributed by atoms with Crippen molar-refractivity contribution in [1.29, 1.82) is 0 Å².